The molecule has 0 atom stereocenters. The van der Waals surface area contributed by atoms with Gasteiger partial charge in [-0.15, -0.1) is 0 Å². The first kappa shape index (κ1) is 19.8. The van der Waals surface area contributed by atoms with E-state index in [0.717, 1.165) is 48.6 Å². The van der Waals surface area contributed by atoms with E-state index in [1.807, 2.05) is 24.3 Å². The van der Waals surface area contributed by atoms with Crippen LogP contribution in [0.5, 0.6) is 0 Å². The summed E-state index contributed by atoms with van der Waals surface area (Å²) in [5.41, 5.74) is 2.39. The number of carbonyl (C=O) groups excluding carboxylic acids is 2. The van der Waals surface area contributed by atoms with Gasteiger partial charge in [-0.1, -0.05) is 12.8 Å². The number of anilines is 5. The number of fused-ring (bicyclic) bond motifs is 1. The van der Waals surface area contributed by atoms with Crippen molar-refractivity contribution >= 4 is 40.6 Å². The molecule has 0 unspecified atom stereocenters. The second-order valence-corrected chi connectivity index (χ2v) is 8.70. The van der Waals surface area contributed by atoms with E-state index in [0.29, 0.717) is 25.0 Å². The number of hydrogen-bond donors (Lipinski definition) is 2. The van der Waals surface area contributed by atoms with Crippen LogP contribution in [0.3, 0.4) is 0 Å². The maximum Gasteiger partial charge on any atom is 0.229 e. The number of carbonyl (C=O) groups is 2. The highest BCUT2D eigenvalue weighted by atomic mass is 16.2. The minimum Gasteiger partial charge on any atom is -0.351 e. The van der Waals surface area contributed by atoms with Crippen molar-refractivity contribution in [2.45, 2.75) is 51.0 Å². The van der Waals surface area contributed by atoms with Crippen molar-refractivity contribution in [2.75, 3.05) is 34.0 Å². The van der Waals surface area contributed by atoms with E-state index in [4.69, 9.17) is 4.98 Å². The van der Waals surface area contributed by atoms with Gasteiger partial charge in [0.1, 0.15) is 5.69 Å². The van der Waals surface area contributed by atoms with Crippen molar-refractivity contribution in [1.29, 1.82) is 0 Å². The molecule has 2 amide bonds. The van der Waals surface area contributed by atoms with Crippen LogP contribution in [-0.2, 0) is 9.59 Å². The van der Waals surface area contributed by atoms with Crippen LogP contribution in [0.4, 0.5) is 28.8 Å². The standard InChI is InChI=1S/C23H28N6O2/c1-28-19-14-24-23(26-17-10-8-16(9-11-17)25-22(31)15-6-7-15)27-21(19)29(13-12-20(28)30)18-4-2-3-5-18/h8-11,14-15,18H,2-7,12-13H2,1H3,(H,25,31)(H,24,26,27). The lowest BCUT2D eigenvalue weighted by Gasteiger charge is -2.30. The fourth-order valence-corrected chi connectivity index (χ4v) is 4.43. The molecule has 0 spiro atoms. The summed E-state index contributed by atoms with van der Waals surface area (Å²) >= 11 is 0. The maximum absolute atomic E-state index is 12.5. The smallest absolute Gasteiger partial charge is 0.229 e. The molecule has 0 radical (unpaired) electrons. The van der Waals surface area contributed by atoms with E-state index < -0.39 is 0 Å². The van der Waals surface area contributed by atoms with Gasteiger partial charge in [-0.25, -0.2) is 4.98 Å². The van der Waals surface area contributed by atoms with Crippen molar-refractivity contribution in [3.05, 3.63) is 30.5 Å². The topological polar surface area (TPSA) is 90.5 Å². The van der Waals surface area contributed by atoms with Gasteiger partial charge in [-0.05, 0) is 49.9 Å². The molecule has 2 heterocycles. The van der Waals surface area contributed by atoms with Gasteiger partial charge >= 0.3 is 0 Å². The van der Waals surface area contributed by atoms with Gasteiger partial charge < -0.3 is 20.4 Å². The highest BCUT2D eigenvalue weighted by molar-refractivity contribution is 5.97. The van der Waals surface area contributed by atoms with E-state index >= 15 is 0 Å². The van der Waals surface area contributed by atoms with Crippen LogP contribution in [0.2, 0.25) is 0 Å². The van der Waals surface area contributed by atoms with Crippen LogP contribution in [0.25, 0.3) is 0 Å². The molecular weight excluding hydrogens is 392 g/mol. The van der Waals surface area contributed by atoms with Gasteiger partial charge in [0.25, 0.3) is 0 Å². The first-order valence-corrected chi connectivity index (χ1v) is 11.2. The summed E-state index contributed by atoms with van der Waals surface area (Å²) in [4.78, 5) is 37.6. The van der Waals surface area contributed by atoms with Crippen molar-refractivity contribution in [3.63, 3.8) is 0 Å². The average Bonchev–Trinajstić information content (AvgIpc) is 3.52. The lowest BCUT2D eigenvalue weighted by molar-refractivity contribution is -0.118. The van der Waals surface area contributed by atoms with Crippen LogP contribution in [0, 0.1) is 5.92 Å². The first-order valence-electron chi connectivity index (χ1n) is 11.2. The van der Waals surface area contributed by atoms with Crippen molar-refractivity contribution in [1.82, 2.24) is 9.97 Å². The highest BCUT2D eigenvalue weighted by Crippen LogP contribution is 2.36. The summed E-state index contributed by atoms with van der Waals surface area (Å²) < 4.78 is 0. The van der Waals surface area contributed by atoms with Crippen LogP contribution in [0.15, 0.2) is 30.5 Å². The number of nitrogens with one attached hydrogen (secondary N) is 2. The molecule has 0 bridgehead atoms. The van der Waals surface area contributed by atoms with Gasteiger partial charge in [0.15, 0.2) is 5.82 Å². The SMILES string of the molecule is CN1C(=O)CCN(C2CCCC2)c2nc(Nc3ccc(NC(=O)C4CC4)cc3)ncc21. The van der Waals surface area contributed by atoms with E-state index in [1.165, 1.54) is 12.8 Å². The summed E-state index contributed by atoms with van der Waals surface area (Å²) in [7, 11) is 1.80. The Bertz CT molecular complexity index is 982. The molecule has 5 rings (SSSR count). The Morgan fingerprint density at radius 2 is 1.77 bits per heavy atom. The molecule has 1 aliphatic heterocycles. The number of nitrogens with zero attached hydrogens (tertiary/aromatic N) is 4. The summed E-state index contributed by atoms with van der Waals surface area (Å²) in [5, 5.41) is 6.21. The van der Waals surface area contributed by atoms with Crippen molar-refractivity contribution < 1.29 is 9.59 Å². The normalized spacial score (nSPS) is 19.2. The lowest BCUT2D eigenvalue weighted by atomic mass is 10.2. The predicted molar refractivity (Wildman–Crippen MR) is 121 cm³/mol. The minimum atomic E-state index is 0.0925. The summed E-state index contributed by atoms with van der Waals surface area (Å²) in [6.45, 7) is 0.687. The van der Waals surface area contributed by atoms with Crippen LogP contribution < -0.4 is 20.4 Å². The molecule has 2 saturated carbocycles. The molecule has 1 aromatic carbocycles. The van der Waals surface area contributed by atoms with E-state index in [-0.39, 0.29) is 17.7 Å². The lowest BCUT2D eigenvalue weighted by Crippen LogP contribution is -2.34. The third-order valence-corrected chi connectivity index (χ3v) is 6.45. The van der Waals surface area contributed by atoms with Gasteiger partial charge in [0, 0.05) is 43.3 Å². The van der Waals surface area contributed by atoms with Gasteiger partial charge in [0.05, 0.1) is 6.20 Å². The minimum absolute atomic E-state index is 0.0925. The molecule has 2 aliphatic carbocycles. The number of aromatic nitrogens is 2. The monoisotopic (exact) mass is 420 g/mol. The van der Waals surface area contributed by atoms with Gasteiger partial charge in [-0.3, -0.25) is 9.59 Å². The molecule has 31 heavy (non-hydrogen) atoms. The zero-order valence-electron chi connectivity index (χ0n) is 17.8. The molecule has 162 valence electrons. The van der Waals surface area contributed by atoms with Crippen molar-refractivity contribution in [2.24, 2.45) is 5.92 Å². The van der Waals surface area contributed by atoms with E-state index in [9.17, 15) is 9.59 Å². The van der Waals surface area contributed by atoms with Crippen LogP contribution in [-0.4, -0.2) is 41.4 Å². The van der Waals surface area contributed by atoms with Gasteiger partial charge in [0.2, 0.25) is 17.8 Å². The Balaban J connectivity index is 1.36. The van der Waals surface area contributed by atoms with Gasteiger partial charge in [-0.2, -0.15) is 4.98 Å². The fourth-order valence-electron chi connectivity index (χ4n) is 4.43. The third kappa shape index (κ3) is 4.19. The quantitative estimate of drug-likeness (QED) is 0.767. The Hall–Kier alpha value is -3.16. The molecule has 2 N–H and O–H groups in total. The van der Waals surface area contributed by atoms with Crippen molar-refractivity contribution in [3.8, 4) is 0 Å². The summed E-state index contributed by atoms with van der Waals surface area (Å²) in [6.07, 6.45) is 8.91. The fraction of sp³-hybridized carbons (Fsp3) is 0.478. The molecule has 8 nitrogen and oxygen atoms in total. The molecule has 0 saturated heterocycles. The molecule has 3 aliphatic rings. The Labute approximate surface area is 182 Å². The largest absolute Gasteiger partial charge is 0.351 e. The molecule has 2 fully saturated rings. The van der Waals surface area contributed by atoms with Crippen LogP contribution in [0.1, 0.15) is 44.9 Å². The molecular formula is C23H28N6O2. The number of benzene rings is 1. The summed E-state index contributed by atoms with van der Waals surface area (Å²) in [5.74, 6) is 1.69. The second kappa shape index (κ2) is 8.17. The molecule has 2 aromatic rings. The Kier molecular flexibility index (Phi) is 5.21. The molecule has 8 heteroatoms. The number of hydrogen-bond acceptors (Lipinski definition) is 6. The molecule has 1 aromatic heterocycles. The number of amides is 2. The van der Waals surface area contributed by atoms with Crippen LogP contribution >= 0.6 is 0 Å². The third-order valence-electron chi connectivity index (χ3n) is 6.45. The Morgan fingerprint density at radius 3 is 2.48 bits per heavy atom. The number of rotatable bonds is 5. The zero-order chi connectivity index (χ0) is 21.4. The zero-order valence-corrected chi connectivity index (χ0v) is 17.8. The Morgan fingerprint density at radius 1 is 1.06 bits per heavy atom. The first-order chi connectivity index (χ1) is 15.1. The average molecular weight is 421 g/mol. The van der Waals surface area contributed by atoms with E-state index in [2.05, 4.69) is 20.5 Å². The predicted octanol–water partition coefficient (Wildman–Crippen LogP) is 3.68. The highest BCUT2D eigenvalue weighted by Gasteiger charge is 2.32. The second-order valence-electron chi connectivity index (χ2n) is 8.70. The maximum atomic E-state index is 12.5. The summed E-state index contributed by atoms with van der Waals surface area (Å²) in [6, 6.07) is 7.99. The van der Waals surface area contributed by atoms with E-state index in [1.54, 1.807) is 18.1 Å².